The molecule has 108 valence electrons. The van der Waals surface area contributed by atoms with Crippen molar-refractivity contribution in [2.75, 3.05) is 0 Å². The predicted octanol–water partition coefficient (Wildman–Crippen LogP) is 2.90. The third kappa shape index (κ3) is 5.61. The molecular weight excluding hydrogens is 260 g/mol. The van der Waals surface area contributed by atoms with Crippen molar-refractivity contribution in [2.24, 2.45) is 5.92 Å². The highest BCUT2D eigenvalue weighted by molar-refractivity contribution is 7.10. The molecule has 19 heavy (non-hydrogen) atoms. The molecule has 3 N–H and O–H groups in total. The van der Waals surface area contributed by atoms with E-state index in [1.165, 1.54) is 11.3 Å². The minimum Gasteiger partial charge on any atom is -0.387 e. The number of carbonyl (C=O) groups excluding carboxylic acids is 1. The molecule has 0 fully saturated rings. The highest BCUT2D eigenvalue weighted by Crippen LogP contribution is 2.22. The van der Waals surface area contributed by atoms with E-state index in [9.17, 15) is 9.90 Å². The fourth-order valence-corrected chi connectivity index (χ4v) is 2.35. The standard InChI is InChI=1S/C14H24N2O2S/c1-9(2)11(4)16-14(18)15-10(3)8-12(17)13-6-5-7-19-13/h5-7,9-12,17H,8H2,1-4H3,(H2,15,16,18)/t10-,11+,12-/m1/s1. The lowest BCUT2D eigenvalue weighted by Gasteiger charge is -2.21. The molecular formula is C14H24N2O2S. The van der Waals surface area contributed by atoms with Gasteiger partial charge in [-0.15, -0.1) is 11.3 Å². The monoisotopic (exact) mass is 284 g/mol. The van der Waals surface area contributed by atoms with E-state index >= 15 is 0 Å². The molecule has 0 aliphatic carbocycles. The van der Waals surface area contributed by atoms with Crippen molar-refractivity contribution in [1.82, 2.24) is 10.6 Å². The lowest BCUT2D eigenvalue weighted by molar-refractivity contribution is 0.157. The van der Waals surface area contributed by atoms with Gasteiger partial charge in [0, 0.05) is 17.0 Å². The number of hydrogen-bond donors (Lipinski definition) is 3. The first-order valence-electron chi connectivity index (χ1n) is 6.68. The van der Waals surface area contributed by atoms with Gasteiger partial charge >= 0.3 is 6.03 Å². The summed E-state index contributed by atoms with van der Waals surface area (Å²) in [6.07, 6.45) is 0.00194. The Morgan fingerprint density at radius 3 is 2.53 bits per heavy atom. The maximum absolute atomic E-state index is 11.7. The number of amides is 2. The number of aliphatic hydroxyl groups excluding tert-OH is 1. The first kappa shape index (κ1) is 16.0. The zero-order valence-corrected chi connectivity index (χ0v) is 12.8. The molecule has 0 radical (unpaired) electrons. The summed E-state index contributed by atoms with van der Waals surface area (Å²) < 4.78 is 0. The number of nitrogens with one attached hydrogen (secondary N) is 2. The summed E-state index contributed by atoms with van der Waals surface area (Å²) in [7, 11) is 0. The van der Waals surface area contributed by atoms with E-state index in [4.69, 9.17) is 0 Å². The summed E-state index contributed by atoms with van der Waals surface area (Å²) in [5.41, 5.74) is 0. The highest BCUT2D eigenvalue weighted by Gasteiger charge is 2.16. The summed E-state index contributed by atoms with van der Waals surface area (Å²) in [5.74, 6) is 0.401. The topological polar surface area (TPSA) is 61.4 Å². The molecule has 0 saturated carbocycles. The lowest BCUT2D eigenvalue weighted by atomic mass is 10.1. The van der Waals surface area contributed by atoms with Crippen LogP contribution in [-0.4, -0.2) is 23.2 Å². The van der Waals surface area contributed by atoms with Gasteiger partial charge in [0.15, 0.2) is 0 Å². The van der Waals surface area contributed by atoms with Crippen molar-refractivity contribution in [3.05, 3.63) is 22.4 Å². The van der Waals surface area contributed by atoms with Gasteiger partial charge in [0.05, 0.1) is 6.10 Å². The van der Waals surface area contributed by atoms with E-state index in [1.54, 1.807) is 0 Å². The van der Waals surface area contributed by atoms with Crippen molar-refractivity contribution < 1.29 is 9.90 Å². The van der Waals surface area contributed by atoms with Gasteiger partial charge in [-0.1, -0.05) is 19.9 Å². The van der Waals surface area contributed by atoms with Gasteiger partial charge in [-0.2, -0.15) is 0 Å². The normalized spacial score (nSPS) is 15.9. The van der Waals surface area contributed by atoms with Crippen LogP contribution in [0.4, 0.5) is 4.79 Å². The van der Waals surface area contributed by atoms with Crippen LogP contribution in [0.25, 0.3) is 0 Å². The van der Waals surface area contributed by atoms with Gasteiger partial charge in [0.2, 0.25) is 0 Å². The molecule has 0 aliphatic heterocycles. The molecule has 4 nitrogen and oxygen atoms in total. The molecule has 1 rings (SSSR count). The van der Waals surface area contributed by atoms with Crippen molar-refractivity contribution in [1.29, 1.82) is 0 Å². The molecule has 5 heteroatoms. The summed E-state index contributed by atoms with van der Waals surface area (Å²) >= 11 is 1.53. The average Bonchev–Trinajstić information content (AvgIpc) is 2.81. The second-order valence-corrected chi connectivity index (χ2v) is 6.30. The van der Waals surface area contributed by atoms with Crippen molar-refractivity contribution in [3.8, 4) is 0 Å². The van der Waals surface area contributed by atoms with Gasteiger partial charge in [0.1, 0.15) is 0 Å². The Labute approximate surface area is 119 Å². The van der Waals surface area contributed by atoms with Gasteiger partial charge in [-0.3, -0.25) is 0 Å². The number of rotatable bonds is 6. The van der Waals surface area contributed by atoms with E-state index in [1.807, 2.05) is 31.4 Å². The summed E-state index contributed by atoms with van der Waals surface area (Å²) in [5, 5.41) is 17.7. The molecule has 1 aromatic heterocycles. The highest BCUT2D eigenvalue weighted by atomic mass is 32.1. The predicted molar refractivity (Wildman–Crippen MR) is 79.3 cm³/mol. The van der Waals surface area contributed by atoms with Gasteiger partial charge in [-0.25, -0.2) is 4.79 Å². The van der Waals surface area contributed by atoms with E-state index < -0.39 is 6.10 Å². The number of thiophene rings is 1. The van der Waals surface area contributed by atoms with Crippen LogP contribution < -0.4 is 10.6 Å². The molecule has 0 aromatic carbocycles. The van der Waals surface area contributed by atoms with Gasteiger partial charge in [-0.05, 0) is 37.6 Å². The third-order valence-corrected chi connectivity index (χ3v) is 4.16. The van der Waals surface area contributed by atoms with Crippen molar-refractivity contribution in [2.45, 2.75) is 52.3 Å². The molecule has 0 saturated heterocycles. The molecule has 3 atom stereocenters. The Morgan fingerprint density at radius 1 is 1.32 bits per heavy atom. The fourth-order valence-electron chi connectivity index (χ4n) is 1.63. The SMILES string of the molecule is CC(C)[C@H](C)NC(=O)N[C@H](C)C[C@@H](O)c1cccs1. The molecule has 0 bridgehead atoms. The maximum Gasteiger partial charge on any atom is 0.315 e. The number of carbonyl (C=O) groups is 1. The minimum absolute atomic E-state index is 0.0727. The van der Waals surface area contributed by atoms with Crippen molar-refractivity contribution >= 4 is 17.4 Å². The Morgan fingerprint density at radius 2 is 2.00 bits per heavy atom. The van der Waals surface area contributed by atoms with E-state index in [2.05, 4.69) is 24.5 Å². The van der Waals surface area contributed by atoms with Crippen LogP contribution >= 0.6 is 11.3 Å². The Bertz CT molecular complexity index is 379. The van der Waals surface area contributed by atoms with E-state index in [-0.39, 0.29) is 18.1 Å². The molecule has 1 heterocycles. The zero-order valence-electron chi connectivity index (χ0n) is 12.0. The molecule has 2 amide bonds. The Kier molecular flexibility index (Phi) is 6.31. The van der Waals surface area contributed by atoms with Crippen LogP contribution in [0.2, 0.25) is 0 Å². The lowest BCUT2D eigenvalue weighted by Crippen LogP contribution is -2.46. The second-order valence-electron chi connectivity index (χ2n) is 5.32. The van der Waals surface area contributed by atoms with E-state index in [0.29, 0.717) is 12.3 Å². The summed E-state index contributed by atoms with van der Waals surface area (Å²) in [6.45, 7) is 8.01. The van der Waals surface area contributed by atoms with Gasteiger partial charge in [0.25, 0.3) is 0 Å². The van der Waals surface area contributed by atoms with Crippen LogP contribution in [0.3, 0.4) is 0 Å². The largest absolute Gasteiger partial charge is 0.387 e. The molecule has 1 aromatic rings. The van der Waals surface area contributed by atoms with Crippen LogP contribution in [0.15, 0.2) is 17.5 Å². The number of hydrogen-bond acceptors (Lipinski definition) is 3. The Hall–Kier alpha value is -1.07. The smallest absolute Gasteiger partial charge is 0.315 e. The maximum atomic E-state index is 11.7. The van der Waals surface area contributed by atoms with Crippen LogP contribution in [0.1, 0.15) is 45.1 Å². The van der Waals surface area contributed by atoms with Crippen LogP contribution in [0, 0.1) is 5.92 Å². The summed E-state index contributed by atoms with van der Waals surface area (Å²) in [4.78, 5) is 12.7. The van der Waals surface area contributed by atoms with Gasteiger partial charge < -0.3 is 15.7 Å². The number of urea groups is 1. The minimum atomic E-state index is -0.516. The summed E-state index contributed by atoms with van der Waals surface area (Å²) in [6, 6.07) is 3.71. The zero-order chi connectivity index (χ0) is 14.4. The molecule has 0 unspecified atom stereocenters. The number of aliphatic hydroxyl groups is 1. The molecule has 0 aliphatic rings. The van der Waals surface area contributed by atoms with E-state index in [0.717, 1.165) is 4.88 Å². The fraction of sp³-hybridized carbons (Fsp3) is 0.643. The van der Waals surface area contributed by atoms with Crippen LogP contribution in [0.5, 0.6) is 0 Å². The Balaban J connectivity index is 2.34. The molecule has 0 spiro atoms. The first-order chi connectivity index (χ1) is 8.90. The van der Waals surface area contributed by atoms with Crippen molar-refractivity contribution in [3.63, 3.8) is 0 Å². The average molecular weight is 284 g/mol. The third-order valence-electron chi connectivity index (χ3n) is 3.18. The quantitative estimate of drug-likeness (QED) is 0.752. The first-order valence-corrected chi connectivity index (χ1v) is 7.56. The van der Waals surface area contributed by atoms with Crippen LogP contribution in [-0.2, 0) is 0 Å². The second kappa shape index (κ2) is 7.50.